The van der Waals surface area contributed by atoms with Crippen LogP contribution in [0.1, 0.15) is 81.4 Å². The topological polar surface area (TPSA) is 49.8 Å². The highest BCUT2D eigenvalue weighted by molar-refractivity contribution is 9.10. The van der Waals surface area contributed by atoms with Gasteiger partial charge in [-0.3, -0.25) is 9.69 Å². The lowest BCUT2D eigenvalue weighted by Crippen LogP contribution is -2.47. The lowest BCUT2D eigenvalue weighted by Gasteiger charge is -2.39. The van der Waals surface area contributed by atoms with Crippen LogP contribution in [-0.2, 0) is 21.9 Å². The van der Waals surface area contributed by atoms with Crippen molar-refractivity contribution in [2.45, 2.75) is 83.1 Å². The van der Waals surface area contributed by atoms with Crippen LogP contribution in [0.5, 0.6) is 0 Å². The van der Waals surface area contributed by atoms with E-state index in [-0.39, 0.29) is 16.4 Å². The van der Waals surface area contributed by atoms with Crippen LogP contribution in [0.3, 0.4) is 0 Å². The average Bonchev–Trinajstić information content (AvgIpc) is 3.44. The third-order valence-corrected chi connectivity index (χ3v) is 8.31. The maximum atomic E-state index is 13.7. The number of hydrogen-bond acceptors (Lipinski definition) is 3. The molecule has 1 saturated carbocycles. The number of aliphatic hydroxyl groups excluding tert-OH is 1. The first-order valence-electron chi connectivity index (χ1n) is 11.2. The second-order valence-corrected chi connectivity index (χ2v) is 13.7. The van der Waals surface area contributed by atoms with Gasteiger partial charge < -0.3 is 9.53 Å². The number of carbonyl (C=O) groups is 1. The highest BCUT2D eigenvalue weighted by Gasteiger charge is 2.42. The van der Waals surface area contributed by atoms with Crippen molar-refractivity contribution < 1.29 is 14.3 Å². The van der Waals surface area contributed by atoms with Gasteiger partial charge in [-0.2, -0.15) is 0 Å². The van der Waals surface area contributed by atoms with Gasteiger partial charge in [-0.15, -0.1) is 0 Å². The largest absolute Gasteiger partial charge is 0.408 e. The second-order valence-electron chi connectivity index (χ2n) is 10.9. The van der Waals surface area contributed by atoms with Crippen molar-refractivity contribution in [3.63, 3.8) is 0 Å². The Morgan fingerprint density at radius 3 is 2.47 bits per heavy atom. The molecular formula is C26H32BrNO3Si. The fourth-order valence-corrected chi connectivity index (χ4v) is 5.77. The van der Waals surface area contributed by atoms with Gasteiger partial charge >= 0.3 is 0 Å². The molecule has 1 N–H and O–H groups in total. The van der Waals surface area contributed by atoms with Crippen LogP contribution < -0.4 is 4.90 Å². The zero-order chi connectivity index (χ0) is 23.5. The van der Waals surface area contributed by atoms with E-state index in [9.17, 15) is 9.90 Å². The standard InChI is InChI=1S/C26H32BrNO3Si/c1-24(2,3)32-31-25(4,5)22-19(27)8-7-9-20(22)28-21(29)14-16-10-11-17(26(6)12-13-26)15-18(16)23(28)30/h7-11,15,21,29H,12-14H2,1-6H3. The number of halogens is 1. The quantitative estimate of drug-likeness (QED) is 0.490. The van der Waals surface area contributed by atoms with Crippen LogP contribution in [0.2, 0.25) is 5.04 Å². The van der Waals surface area contributed by atoms with Gasteiger partial charge in [0.1, 0.15) is 6.23 Å². The number of rotatable bonds is 5. The zero-order valence-electron chi connectivity index (χ0n) is 19.8. The summed E-state index contributed by atoms with van der Waals surface area (Å²) >= 11 is 3.69. The Labute approximate surface area is 202 Å². The number of carbonyl (C=O) groups excluding carboxylic acids is 1. The van der Waals surface area contributed by atoms with Crippen molar-refractivity contribution in [3.05, 3.63) is 63.1 Å². The molecule has 0 saturated heterocycles. The van der Waals surface area contributed by atoms with Crippen molar-refractivity contribution in [1.29, 1.82) is 0 Å². The fourth-order valence-electron chi connectivity index (χ4n) is 4.27. The first-order valence-corrected chi connectivity index (χ1v) is 12.9. The highest BCUT2D eigenvalue weighted by Crippen LogP contribution is 2.48. The van der Waals surface area contributed by atoms with Crippen LogP contribution >= 0.6 is 15.9 Å². The molecule has 170 valence electrons. The van der Waals surface area contributed by atoms with Gasteiger partial charge in [-0.1, -0.05) is 61.8 Å². The van der Waals surface area contributed by atoms with E-state index in [2.05, 4.69) is 49.7 Å². The van der Waals surface area contributed by atoms with Gasteiger partial charge in [0.2, 0.25) is 9.76 Å². The predicted octanol–water partition coefficient (Wildman–Crippen LogP) is 6.11. The molecule has 0 spiro atoms. The highest BCUT2D eigenvalue weighted by atomic mass is 79.9. The second kappa shape index (κ2) is 8.08. The zero-order valence-corrected chi connectivity index (χ0v) is 22.3. The van der Waals surface area contributed by atoms with E-state index in [4.69, 9.17) is 4.43 Å². The SMILES string of the molecule is CC(C)(C)[Si]OC(C)(C)c1c(Br)cccc1N1C(=O)c2cc(C3(C)CC3)ccc2CC1O. The van der Waals surface area contributed by atoms with E-state index in [1.807, 2.05) is 44.2 Å². The summed E-state index contributed by atoms with van der Waals surface area (Å²) in [5, 5.41) is 11.1. The molecule has 2 aromatic rings. The summed E-state index contributed by atoms with van der Waals surface area (Å²) in [7, 11) is 0.290. The minimum absolute atomic E-state index is 0.0351. The Bertz CT molecular complexity index is 1060. The number of benzene rings is 2. The maximum absolute atomic E-state index is 13.7. The summed E-state index contributed by atoms with van der Waals surface area (Å²) in [6, 6.07) is 12.0. The molecule has 1 aliphatic heterocycles. The molecule has 1 heterocycles. The molecule has 2 aliphatic rings. The molecule has 4 rings (SSSR count). The lowest BCUT2D eigenvalue weighted by atomic mass is 9.89. The molecular weight excluding hydrogens is 482 g/mol. The van der Waals surface area contributed by atoms with E-state index < -0.39 is 11.8 Å². The van der Waals surface area contributed by atoms with Crippen molar-refractivity contribution in [2.75, 3.05) is 4.90 Å². The number of amides is 1. The van der Waals surface area contributed by atoms with Crippen molar-refractivity contribution in [2.24, 2.45) is 0 Å². The van der Waals surface area contributed by atoms with Crippen molar-refractivity contribution in [1.82, 2.24) is 0 Å². The minimum Gasteiger partial charge on any atom is -0.408 e. The molecule has 1 atom stereocenters. The fraction of sp³-hybridized carbons (Fsp3) is 0.500. The summed E-state index contributed by atoms with van der Waals surface area (Å²) in [5.41, 5.74) is 3.92. The molecule has 1 amide bonds. The van der Waals surface area contributed by atoms with E-state index in [1.54, 1.807) is 4.90 Å². The number of nitrogens with zero attached hydrogens (tertiary/aromatic N) is 1. The Balaban J connectivity index is 1.76. The van der Waals surface area contributed by atoms with Crippen LogP contribution in [0.15, 0.2) is 40.9 Å². The summed E-state index contributed by atoms with van der Waals surface area (Å²) in [6.45, 7) is 12.7. The molecule has 0 bridgehead atoms. The van der Waals surface area contributed by atoms with E-state index >= 15 is 0 Å². The Morgan fingerprint density at radius 2 is 1.84 bits per heavy atom. The minimum atomic E-state index is -0.925. The smallest absolute Gasteiger partial charge is 0.260 e. The van der Waals surface area contributed by atoms with Crippen LogP contribution in [0, 0.1) is 0 Å². The molecule has 1 fully saturated rings. The predicted molar refractivity (Wildman–Crippen MR) is 133 cm³/mol. The molecule has 1 unspecified atom stereocenters. The van der Waals surface area contributed by atoms with E-state index in [1.165, 1.54) is 5.56 Å². The summed E-state index contributed by atoms with van der Waals surface area (Å²) in [5.74, 6) is -0.154. The van der Waals surface area contributed by atoms with E-state index in [0.29, 0.717) is 27.4 Å². The number of fused-ring (bicyclic) bond motifs is 1. The Hall–Kier alpha value is -1.47. The lowest BCUT2D eigenvalue weighted by molar-refractivity contribution is 0.0848. The number of hydrogen-bond donors (Lipinski definition) is 1. The molecule has 6 heteroatoms. The molecule has 2 aromatic carbocycles. The van der Waals surface area contributed by atoms with Crippen LogP contribution in [0.4, 0.5) is 5.69 Å². The molecule has 2 radical (unpaired) electrons. The summed E-state index contributed by atoms with van der Waals surface area (Å²) in [4.78, 5) is 15.3. The van der Waals surface area contributed by atoms with Gasteiger partial charge in [0.25, 0.3) is 5.91 Å². The average molecular weight is 515 g/mol. The first kappa shape index (κ1) is 23.7. The monoisotopic (exact) mass is 513 g/mol. The number of aliphatic hydroxyl groups is 1. The van der Waals surface area contributed by atoms with Gasteiger partial charge in [0.05, 0.1) is 11.3 Å². The van der Waals surface area contributed by atoms with Crippen LogP contribution in [0.25, 0.3) is 0 Å². The van der Waals surface area contributed by atoms with Crippen molar-refractivity contribution >= 4 is 37.3 Å². The third-order valence-electron chi connectivity index (χ3n) is 6.42. The molecule has 0 aromatic heterocycles. The van der Waals surface area contributed by atoms with Crippen molar-refractivity contribution in [3.8, 4) is 0 Å². The maximum Gasteiger partial charge on any atom is 0.260 e. The summed E-state index contributed by atoms with van der Waals surface area (Å²) in [6.07, 6.45) is 1.80. The Morgan fingerprint density at radius 1 is 1.16 bits per heavy atom. The number of anilines is 1. The normalized spacial score (nSPS) is 20.3. The van der Waals surface area contributed by atoms with Crippen LogP contribution in [-0.4, -0.2) is 27.0 Å². The van der Waals surface area contributed by atoms with Gasteiger partial charge in [-0.05, 0) is 66.5 Å². The molecule has 32 heavy (non-hydrogen) atoms. The van der Waals surface area contributed by atoms with Gasteiger partial charge in [0, 0.05) is 22.0 Å². The molecule has 4 nitrogen and oxygen atoms in total. The Kier molecular flexibility index (Phi) is 5.98. The van der Waals surface area contributed by atoms with E-state index in [0.717, 1.165) is 28.4 Å². The van der Waals surface area contributed by atoms with Gasteiger partial charge in [-0.25, -0.2) is 0 Å². The van der Waals surface area contributed by atoms with Gasteiger partial charge in [0.15, 0.2) is 0 Å². The third kappa shape index (κ3) is 4.47. The summed E-state index contributed by atoms with van der Waals surface area (Å²) < 4.78 is 7.25. The first-order chi connectivity index (χ1) is 14.8. The molecule has 1 aliphatic carbocycles.